The summed E-state index contributed by atoms with van der Waals surface area (Å²) in [6.45, 7) is 26.2. The van der Waals surface area contributed by atoms with Gasteiger partial charge in [-0.3, -0.25) is 0 Å². The van der Waals surface area contributed by atoms with Crippen LogP contribution in [0, 0.1) is 0 Å². The fourth-order valence-electron chi connectivity index (χ4n) is 1.74. The van der Waals surface area contributed by atoms with E-state index in [0.29, 0.717) is 0 Å². The summed E-state index contributed by atoms with van der Waals surface area (Å²) >= 11 is 0. The normalized spacial score (nSPS) is 9.00. The predicted molar refractivity (Wildman–Crippen MR) is 99.4 cm³/mol. The summed E-state index contributed by atoms with van der Waals surface area (Å²) in [6, 6.07) is 4.24. The van der Waals surface area contributed by atoms with E-state index in [9.17, 15) is 0 Å². The van der Waals surface area contributed by atoms with Crippen LogP contribution in [0.5, 0.6) is 0 Å². The molecule has 0 unspecified atom stereocenters. The number of benzene rings is 1. The summed E-state index contributed by atoms with van der Waals surface area (Å²) in [6.07, 6.45) is 6.26. The van der Waals surface area contributed by atoms with Gasteiger partial charge in [-0.05, 0) is 34.9 Å². The number of hydrogen-bond acceptors (Lipinski definition) is 0. The fourth-order valence-corrected chi connectivity index (χ4v) is 1.74. The molecule has 0 N–H and O–H groups in total. The van der Waals surface area contributed by atoms with Crippen molar-refractivity contribution in [2.45, 2.75) is 54.4 Å². The molecule has 0 atom stereocenters. The second-order valence-corrected chi connectivity index (χ2v) is 3.44. The molecule has 0 spiro atoms. The molecule has 1 rings (SSSR count). The lowest BCUT2D eigenvalue weighted by Crippen LogP contribution is -2.27. The first-order chi connectivity index (χ1) is 9.74. The quantitative estimate of drug-likeness (QED) is 0.652. The molecule has 20 heavy (non-hydrogen) atoms. The van der Waals surface area contributed by atoms with Crippen molar-refractivity contribution >= 4 is 18.7 Å². The van der Waals surface area contributed by atoms with E-state index in [1.165, 1.54) is 16.3 Å². The maximum atomic E-state index is 4.14. The Bertz CT molecular complexity index is 438. The third-order valence-corrected chi connectivity index (χ3v) is 2.53. The van der Waals surface area contributed by atoms with Crippen LogP contribution in [0.4, 0.5) is 0 Å². The van der Waals surface area contributed by atoms with Crippen molar-refractivity contribution in [3.63, 3.8) is 0 Å². The van der Waals surface area contributed by atoms with Gasteiger partial charge in [0.1, 0.15) is 0 Å². The van der Waals surface area contributed by atoms with Gasteiger partial charge in [0.15, 0.2) is 0 Å². The van der Waals surface area contributed by atoms with Crippen molar-refractivity contribution in [3.05, 3.63) is 53.4 Å². The van der Waals surface area contributed by atoms with Crippen LogP contribution in [-0.4, -0.2) is 0 Å². The molecule has 0 aromatic heterocycles. The van der Waals surface area contributed by atoms with Crippen LogP contribution in [-0.2, 0) is 6.42 Å². The molecule has 0 aliphatic carbocycles. The maximum absolute atomic E-state index is 4.14. The smallest absolute Gasteiger partial charge is 0.0221 e. The van der Waals surface area contributed by atoms with Gasteiger partial charge in [-0.2, -0.15) is 0 Å². The minimum atomic E-state index is 1.09. The Labute approximate surface area is 127 Å². The zero-order chi connectivity index (χ0) is 16.6. The molecule has 0 saturated heterocycles. The molecular formula is C20H34. The van der Waals surface area contributed by atoms with Gasteiger partial charge in [0, 0.05) is 0 Å². The summed E-state index contributed by atoms with van der Waals surface area (Å²) in [5.41, 5.74) is 2.57. The Morgan fingerprint density at radius 2 is 1.55 bits per heavy atom. The predicted octanol–water partition coefficient (Wildman–Crippen LogP) is 5.35. The van der Waals surface area contributed by atoms with Gasteiger partial charge in [-0.25, -0.2) is 0 Å². The number of hydrogen-bond donors (Lipinski definition) is 0. The molecule has 0 fully saturated rings. The van der Waals surface area contributed by atoms with Crippen LogP contribution in [0.25, 0.3) is 18.7 Å². The molecule has 1 aromatic rings. The monoisotopic (exact) mass is 274 g/mol. The standard InChI is InChI=1S/C14H18.2C2H6.C2H4/c1-5-8-14-11(4)12(6-2)9-10-13(14)7-3;3*1-2/h6-7,9-10H,3-5,8H2,1-2H3;2*1-2H3;1-2H2/b12-6-;;;. The van der Waals surface area contributed by atoms with Gasteiger partial charge in [-0.15, -0.1) is 13.2 Å². The molecule has 114 valence electrons. The SMILES string of the molecule is C=C.C=Cc1cc/c(=C/C)c(=C)c1CCC.CC.CC. The summed E-state index contributed by atoms with van der Waals surface area (Å²) in [7, 11) is 0. The lowest BCUT2D eigenvalue weighted by Gasteiger charge is -2.05. The zero-order valence-electron chi connectivity index (χ0n) is 14.6. The maximum Gasteiger partial charge on any atom is -0.0221 e. The van der Waals surface area contributed by atoms with E-state index in [0.717, 1.165) is 18.1 Å². The minimum absolute atomic E-state index is 1.09. The Morgan fingerprint density at radius 1 is 1.05 bits per heavy atom. The average Bonchev–Trinajstić information content (AvgIpc) is 2.55. The molecule has 0 aliphatic heterocycles. The van der Waals surface area contributed by atoms with Gasteiger partial charge in [0.2, 0.25) is 0 Å². The van der Waals surface area contributed by atoms with E-state index in [-0.39, 0.29) is 0 Å². The third kappa shape index (κ3) is 7.78. The Hall–Kier alpha value is -1.56. The van der Waals surface area contributed by atoms with Crippen molar-refractivity contribution in [2.24, 2.45) is 0 Å². The summed E-state index contributed by atoms with van der Waals surface area (Å²) in [5, 5.41) is 2.39. The van der Waals surface area contributed by atoms with E-state index in [1.54, 1.807) is 0 Å². The van der Waals surface area contributed by atoms with Crippen LogP contribution in [0.2, 0.25) is 0 Å². The van der Waals surface area contributed by atoms with Crippen molar-refractivity contribution in [1.29, 1.82) is 0 Å². The lowest BCUT2D eigenvalue weighted by atomic mass is 9.99. The second-order valence-electron chi connectivity index (χ2n) is 3.44. The Kier molecular flexibility index (Phi) is 20.5. The van der Waals surface area contributed by atoms with E-state index < -0.39 is 0 Å². The van der Waals surface area contributed by atoms with Crippen LogP contribution < -0.4 is 10.4 Å². The van der Waals surface area contributed by atoms with Crippen LogP contribution in [0.15, 0.2) is 31.9 Å². The topological polar surface area (TPSA) is 0 Å². The first-order valence-corrected chi connectivity index (χ1v) is 7.64. The summed E-state index contributed by atoms with van der Waals surface area (Å²) in [4.78, 5) is 0. The minimum Gasteiger partial charge on any atom is -0.106 e. The molecule has 0 amide bonds. The Morgan fingerprint density at radius 3 is 1.90 bits per heavy atom. The molecule has 1 aromatic carbocycles. The molecular weight excluding hydrogens is 240 g/mol. The van der Waals surface area contributed by atoms with Crippen LogP contribution in [0.3, 0.4) is 0 Å². The molecule has 0 heteroatoms. The van der Waals surface area contributed by atoms with Gasteiger partial charge in [0.25, 0.3) is 0 Å². The van der Waals surface area contributed by atoms with Gasteiger partial charge < -0.3 is 0 Å². The summed E-state index contributed by atoms with van der Waals surface area (Å²) < 4.78 is 0. The second kappa shape index (κ2) is 17.4. The van der Waals surface area contributed by atoms with Crippen LogP contribution >= 0.6 is 0 Å². The molecule has 0 nitrogen and oxygen atoms in total. The van der Waals surface area contributed by atoms with Gasteiger partial charge >= 0.3 is 0 Å². The van der Waals surface area contributed by atoms with Crippen LogP contribution in [0.1, 0.15) is 59.1 Å². The molecule has 0 heterocycles. The van der Waals surface area contributed by atoms with Crippen molar-refractivity contribution in [3.8, 4) is 0 Å². The van der Waals surface area contributed by atoms with Gasteiger partial charge in [0.05, 0.1) is 0 Å². The highest BCUT2D eigenvalue weighted by atomic mass is 14.0. The molecule has 0 radical (unpaired) electrons. The highest BCUT2D eigenvalue weighted by molar-refractivity contribution is 5.53. The first-order valence-electron chi connectivity index (χ1n) is 7.64. The molecule has 0 aliphatic rings. The zero-order valence-corrected chi connectivity index (χ0v) is 14.6. The van der Waals surface area contributed by atoms with E-state index in [4.69, 9.17) is 0 Å². The van der Waals surface area contributed by atoms with Gasteiger partial charge in [-0.1, -0.05) is 78.5 Å². The lowest BCUT2D eigenvalue weighted by molar-refractivity contribution is 0.911. The largest absolute Gasteiger partial charge is 0.106 e. The van der Waals surface area contributed by atoms with Crippen molar-refractivity contribution in [1.82, 2.24) is 0 Å². The highest BCUT2D eigenvalue weighted by Gasteiger charge is 1.99. The first kappa shape index (κ1) is 23.5. The summed E-state index contributed by atoms with van der Waals surface area (Å²) in [5.74, 6) is 0. The third-order valence-electron chi connectivity index (χ3n) is 2.53. The van der Waals surface area contributed by atoms with E-state index in [2.05, 4.69) is 51.4 Å². The molecule has 0 saturated carbocycles. The van der Waals surface area contributed by atoms with E-state index in [1.807, 2.05) is 40.7 Å². The molecule has 0 bridgehead atoms. The van der Waals surface area contributed by atoms with Crippen molar-refractivity contribution < 1.29 is 0 Å². The van der Waals surface area contributed by atoms with E-state index >= 15 is 0 Å². The Balaban J connectivity index is -0.000000425. The fraction of sp³-hybridized carbons (Fsp3) is 0.400. The number of rotatable bonds is 3. The highest BCUT2D eigenvalue weighted by Crippen LogP contribution is 2.05. The van der Waals surface area contributed by atoms with Crippen molar-refractivity contribution in [2.75, 3.05) is 0 Å². The average molecular weight is 274 g/mol.